The van der Waals surface area contributed by atoms with E-state index in [1.54, 1.807) is 4.90 Å². The number of piperidine rings is 1. The molecule has 2 amide bonds. The number of amides is 2. The number of carbonyl (C=O) groups is 2. The maximum absolute atomic E-state index is 12.7. The van der Waals surface area contributed by atoms with Gasteiger partial charge in [0.05, 0.1) is 0 Å². The van der Waals surface area contributed by atoms with Crippen LogP contribution in [-0.4, -0.2) is 52.1 Å². The minimum Gasteiger partial charge on any atom is -0.480 e. The van der Waals surface area contributed by atoms with E-state index in [9.17, 15) is 14.7 Å². The second kappa shape index (κ2) is 6.02. The molecule has 0 saturated carbocycles. The van der Waals surface area contributed by atoms with Crippen LogP contribution in [0.5, 0.6) is 0 Å². The van der Waals surface area contributed by atoms with Gasteiger partial charge in [-0.15, -0.1) is 0 Å². The zero-order valence-electron chi connectivity index (χ0n) is 12.7. The van der Waals surface area contributed by atoms with E-state index in [1.807, 2.05) is 4.90 Å². The maximum atomic E-state index is 12.7. The van der Waals surface area contributed by atoms with Crippen molar-refractivity contribution in [2.75, 3.05) is 13.1 Å². The summed E-state index contributed by atoms with van der Waals surface area (Å²) in [6.45, 7) is 7.65. The molecule has 0 spiro atoms. The number of carboxylic acids is 1. The van der Waals surface area contributed by atoms with Crippen LogP contribution in [0.2, 0.25) is 0 Å². The van der Waals surface area contributed by atoms with E-state index in [4.69, 9.17) is 0 Å². The Morgan fingerprint density at radius 1 is 1.15 bits per heavy atom. The highest BCUT2D eigenvalue weighted by molar-refractivity contribution is 5.83. The minimum absolute atomic E-state index is 0.0690. The van der Waals surface area contributed by atoms with Crippen LogP contribution in [-0.2, 0) is 4.79 Å². The third-order valence-electron chi connectivity index (χ3n) is 4.71. The van der Waals surface area contributed by atoms with Crippen LogP contribution in [0, 0.1) is 11.8 Å². The number of aliphatic carboxylic acids is 1. The number of carbonyl (C=O) groups excluding carboxylic acids is 1. The molecule has 20 heavy (non-hydrogen) atoms. The van der Waals surface area contributed by atoms with Crippen LogP contribution in [0.4, 0.5) is 4.79 Å². The SMILES string of the molecule is CC1CCN(C(=O)N2CCCC2C(C)C)C(C(=O)O)C1. The number of likely N-dealkylation sites (tertiary alicyclic amines) is 2. The van der Waals surface area contributed by atoms with Crippen molar-refractivity contribution in [1.29, 1.82) is 0 Å². The monoisotopic (exact) mass is 282 g/mol. The van der Waals surface area contributed by atoms with Gasteiger partial charge in [0, 0.05) is 19.1 Å². The highest BCUT2D eigenvalue weighted by atomic mass is 16.4. The van der Waals surface area contributed by atoms with Crippen LogP contribution in [0.3, 0.4) is 0 Å². The highest BCUT2D eigenvalue weighted by Crippen LogP contribution is 2.29. The van der Waals surface area contributed by atoms with Crippen LogP contribution in [0.15, 0.2) is 0 Å². The van der Waals surface area contributed by atoms with Gasteiger partial charge in [0.2, 0.25) is 0 Å². The molecule has 0 aromatic heterocycles. The summed E-state index contributed by atoms with van der Waals surface area (Å²) >= 11 is 0. The standard InChI is InChI=1S/C15H26N2O3/c1-10(2)12-5-4-7-16(12)15(20)17-8-6-11(3)9-13(17)14(18)19/h10-13H,4-9H2,1-3H3,(H,18,19). The fourth-order valence-electron chi connectivity index (χ4n) is 3.49. The van der Waals surface area contributed by atoms with Crippen molar-refractivity contribution in [3.05, 3.63) is 0 Å². The summed E-state index contributed by atoms with van der Waals surface area (Å²) in [6.07, 6.45) is 3.53. The molecule has 5 heteroatoms. The van der Waals surface area contributed by atoms with E-state index in [0.717, 1.165) is 25.8 Å². The van der Waals surface area contributed by atoms with Gasteiger partial charge in [-0.25, -0.2) is 9.59 Å². The summed E-state index contributed by atoms with van der Waals surface area (Å²) in [7, 11) is 0. The molecular weight excluding hydrogens is 256 g/mol. The van der Waals surface area contributed by atoms with Crippen LogP contribution >= 0.6 is 0 Å². The van der Waals surface area contributed by atoms with Crippen LogP contribution in [0.25, 0.3) is 0 Å². The van der Waals surface area contributed by atoms with Gasteiger partial charge in [0.15, 0.2) is 0 Å². The molecule has 3 unspecified atom stereocenters. The van der Waals surface area contributed by atoms with Crippen molar-refractivity contribution in [2.45, 2.75) is 58.5 Å². The highest BCUT2D eigenvalue weighted by Gasteiger charge is 2.40. The number of urea groups is 1. The molecule has 114 valence electrons. The third kappa shape index (κ3) is 2.91. The molecule has 2 aliphatic heterocycles. The van der Waals surface area contributed by atoms with E-state index in [1.165, 1.54) is 0 Å². The first-order valence-electron chi connectivity index (χ1n) is 7.71. The van der Waals surface area contributed by atoms with Crippen LogP contribution in [0.1, 0.15) is 46.5 Å². The second-order valence-electron chi connectivity index (χ2n) is 6.61. The van der Waals surface area contributed by atoms with Gasteiger partial charge in [-0.2, -0.15) is 0 Å². The number of hydrogen-bond acceptors (Lipinski definition) is 2. The summed E-state index contributed by atoms with van der Waals surface area (Å²) in [5.74, 6) is -0.0711. The predicted molar refractivity (Wildman–Crippen MR) is 76.5 cm³/mol. The first-order valence-corrected chi connectivity index (χ1v) is 7.71. The van der Waals surface area contributed by atoms with Crippen molar-refractivity contribution in [3.63, 3.8) is 0 Å². The van der Waals surface area contributed by atoms with Crippen molar-refractivity contribution >= 4 is 12.0 Å². The summed E-state index contributed by atoms with van der Waals surface area (Å²) < 4.78 is 0. The number of carboxylic acid groups (broad SMARTS) is 1. The summed E-state index contributed by atoms with van der Waals surface area (Å²) in [4.78, 5) is 27.6. The molecule has 0 radical (unpaired) electrons. The lowest BCUT2D eigenvalue weighted by Crippen LogP contribution is -2.55. The molecule has 2 aliphatic rings. The van der Waals surface area contributed by atoms with Gasteiger partial charge in [-0.05, 0) is 37.5 Å². The van der Waals surface area contributed by atoms with E-state index in [-0.39, 0.29) is 12.1 Å². The average Bonchev–Trinajstić information content (AvgIpc) is 2.87. The fourth-order valence-corrected chi connectivity index (χ4v) is 3.49. The molecule has 3 atom stereocenters. The summed E-state index contributed by atoms with van der Waals surface area (Å²) in [5, 5.41) is 9.38. The van der Waals surface area contributed by atoms with E-state index >= 15 is 0 Å². The second-order valence-corrected chi connectivity index (χ2v) is 6.61. The molecule has 0 bridgehead atoms. The lowest BCUT2D eigenvalue weighted by atomic mass is 9.92. The number of rotatable bonds is 2. The zero-order valence-corrected chi connectivity index (χ0v) is 12.7. The lowest BCUT2D eigenvalue weighted by Gasteiger charge is -2.40. The Morgan fingerprint density at radius 3 is 2.45 bits per heavy atom. The summed E-state index contributed by atoms with van der Waals surface area (Å²) in [6, 6.07) is -0.462. The van der Waals surface area contributed by atoms with Crippen molar-refractivity contribution in [3.8, 4) is 0 Å². The van der Waals surface area contributed by atoms with E-state index < -0.39 is 12.0 Å². The predicted octanol–water partition coefficient (Wildman–Crippen LogP) is 2.41. The van der Waals surface area contributed by atoms with Gasteiger partial charge < -0.3 is 14.9 Å². The molecule has 1 N–H and O–H groups in total. The topological polar surface area (TPSA) is 60.9 Å². The van der Waals surface area contributed by atoms with Gasteiger partial charge in [-0.1, -0.05) is 20.8 Å². The molecular formula is C15H26N2O3. The minimum atomic E-state index is -0.870. The maximum Gasteiger partial charge on any atom is 0.326 e. The van der Waals surface area contributed by atoms with Crippen molar-refractivity contribution in [1.82, 2.24) is 9.80 Å². The molecule has 0 aliphatic carbocycles. The molecule has 2 heterocycles. The largest absolute Gasteiger partial charge is 0.480 e. The van der Waals surface area contributed by atoms with Crippen molar-refractivity contribution < 1.29 is 14.7 Å². The van der Waals surface area contributed by atoms with Gasteiger partial charge in [-0.3, -0.25) is 0 Å². The molecule has 2 rings (SSSR count). The smallest absolute Gasteiger partial charge is 0.326 e. The Balaban J connectivity index is 2.12. The fraction of sp³-hybridized carbons (Fsp3) is 0.867. The molecule has 2 saturated heterocycles. The molecule has 2 fully saturated rings. The number of hydrogen-bond donors (Lipinski definition) is 1. The first-order chi connectivity index (χ1) is 9.41. The Labute approximate surface area is 120 Å². The Morgan fingerprint density at radius 2 is 1.85 bits per heavy atom. The van der Waals surface area contributed by atoms with E-state index in [2.05, 4.69) is 20.8 Å². The van der Waals surface area contributed by atoms with Gasteiger partial charge in [0.1, 0.15) is 6.04 Å². The average molecular weight is 282 g/mol. The Hall–Kier alpha value is -1.26. The van der Waals surface area contributed by atoms with E-state index in [0.29, 0.717) is 24.8 Å². The normalized spacial score (nSPS) is 30.9. The summed E-state index contributed by atoms with van der Waals surface area (Å²) in [5.41, 5.74) is 0. The Kier molecular flexibility index (Phi) is 4.55. The van der Waals surface area contributed by atoms with Crippen molar-refractivity contribution in [2.24, 2.45) is 11.8 Å². The van der Waals surface area contributed by atoms with Crippen LogP contribution < -0.4 is 0 Å². The molecule has 0 aromatic rings. The lowest BCUT2D eigenvalue weighted by molar-refractivity contribution is -0.144. The Bertz CT molecular complexity index is 383. The van der Waals surface area contributed by atoms with Gasteiger partial charge in [0.25, 0.3) is 0 Å². The zero-order chi connectivity index (χ0) is 14.9. The van der Waals surface area contributed by atoms with Gasteiger partial charge >= 0.3 is 12.0 Å². The third-order valence-corrected chi connectivity index (χ3v) is 4.71. The first kappa shape index (κ1) is 15.1. The number of nitrogens with zero attached hydrogens (tertiary/aromatic N) is 2. The molecule has 0 aromatic carbocycles. The quantitative estimate of drug-likeness (QED) is 0.846. The molecule has 5 nitrogen and oxygen atoms in total.